The van der Waals surface area contributed by atoms with E-state index in [4.69, 9.17) is 9.47 Å². The molecule has 1 aliphatic heterocycles. The highest BCUT2D eigenvalue weighted by atomic mass is 16.5. The summed E-state index contributed by atoms with van der Waals surface area (Å²) in [5, 5.41) is 10.0. The molecule has 4 nitrogen and oxygen atoms in total. The Morgan fingerprint density at radius 2 is 1.88 bits per heavy atom. The predicted molar refractivity (Wildman–Crippen MR) is 93.8 cm³/mol. The number of hydrogen-bond acceptors (Lipinski definition) is 3. The molecule has 0 bridgehead atoms. The van der Waals surface area contributed by atoms with Crippen molar-refractivity contribution in [1.82, 2.24) is 0 Å². The van der Waals surface area contributed by atoms with E-state index in [-0.39, 0.29) is 5.75 Å². The second kappa shape index (κ2) is 5.15. The van der Waals surface area contributed by atoms with Crippen LogP contribution in [-0.2, 0) is 12.8 Å². The molecule has 4 rings (SSSR count). The first-order chi connectivity index (χ1) is 11.5. The van der Waals surface area contributed by atoms with Gasteiger partial charge >= 0.3 is 0 Å². The van der Waals surface area contributed by atoms with Crippen LogP contribution in [0.1, 0.15) is 22.7 Å². The van der Waals surface area contributed by atoms with Crippen molar-refractivity contribution in [1.29, 1.82) is 0 Å². The predicted octanol–water partition coefficient (Wildman–Crippen LogP) is 3.31. The Morgan fingerprint density at radius 3 is 2.58 bits per heavy atom. The minimum Gasteiger partial charge on any atom is -0.508 e. The molecule has 1 atom stereocenters. The highest BCUT2D eigenvalue weighted by Gasteiger charge is 2.43. The molecule has 126 valence electrons. The van der Waals surface area contributed by atoms with E-state index < -0.39 is 0 Å². The number of nitrogens with zero attached hydrogens (tertiary/aromatic N) is 1. The van der Waals surface area contributed by atoms with Gasteiger partial charge in [0.25, 0.3) is 0 Å². The number of rotatable bonds is 2. The minimum absolute atomic E-state index is 0.287. The first-order valence-electron chi connectivity index (χ1n) is 8.39. The summed E-state index contributed by atoms with van der Waals surface area (Å²) in [6, 6.07) is 8.22. The molecule has 2 aromatic rings. The quantitative estimate of drug-likeness (QED) is 0.861. The third-order valence-electron chi connectivity index (χ3n) is 5.71. The number of aromatic hydroxyl groups is 1. The summed E-state index contributed by atoms with van der Waals surface area (Å²) in [7, 11) is 7.98. The van der Waals surface area contributed by atoms with E-state index in [1.54, 1.807) is 20.3 Å². The van der Waals surface area contributed by atoms with Crippen molar-refractivity contribution in [3.05, 3.63) is 41.0 Å². The number of benzene rings is 2. The summed E-state index contributed by atoms with van der Waals surface area (Å²) >= 11 is 0. The average molecular weight is 326 g/mol. The summed E-state index contributed by atoms with van der Waals surface area (Å²) in [5.74, 6) is 1.83. The van der Waals surface area contributed by atoms with Gasteiger partial charge in [-0.3, -0.25) is 0 Å². The van der Waals surface area contributed by atoms with Gasteiger partial charge in [-0.15, -0.1) is 0 Å². The third kappa shape index (κ3) is 2.02. The first-order valence-corrected chi connectivity index (χ1v) is 8.39. The lowest BCUT2D eigenvalue weighted by atomic mass is 9.75. The lowest BCUT2D eigenvalue weighted by Crippen LogP contribution is -2.49. The van der Waals surface area contributed by atoms with Crippen molar-refractivity contribution in [2.45, 2.75) is 18.9 Å². The van der Waals surface area contributed by atoms with Gasteiger partial charge in [0, 0.05) is 24.0 Å². The monoisotopic (exact) mass is 326 g/mol. The Labute approximate surface area is 142 Å². The van der Waals surface area contributed by atoms with Gasteiger partial charge < -0.3 is 19.1 Å². The number of hydrogen-bond donors (Lipinski definition) is 1. The summed E-state index contributed by atoms with van der Waals surface area (Å²) < 4.78 is 12.3. The van der Waals surface area contributed by atoms with Crippen molar-refractivity contribution in [3.63, 3.8) is 0 Å². The Hall–Kier alpha value is -2.20. The Bertz CT molecular complexity index is 826. The van der Waals surface area contributed by atoms with Gasteiger partial charge in [0.2, 0.25) is 0 Å². The zero-order chi connectivity index (χ0) is 17.1. The van der Waals surface area contributed by atoms with Crippen LogP contribution < -0.4 is 9.47 Å². The molecule has 24 heavy (non-hydrogen) atoms. The maximum Gasteiger partial charge on any atom is 0.169 e. The highest BCUT2D eigenvalue weighted by molar-refractivity contribution is 5.84. The number of ether oxygens (including phenoxy) is 2. The molecule has 1 N–H and O–H groups in total. The normalized spacial score (nSPS) is 20.1. The van der Waals surface area contributed by atoms with Crippen molar-refractivity contribution in [3.8, 4) is 28.4 Å². The third-order valence-corrected chi connectivity index (χ3v) is 5.71. The van der Waals surface area contributed by atoms with Crippen LogP contribution >= 0.6 is 0 Å². The van der Waals surface area contributed by atoms with Crippen LogP contribution in [0.2, 0.25) is 0 Å². The Kier molecular flexibility index (Phi) is 3.29. The summed E-state index contributed by atoms with van der Waals surface area (Å²) in [4.78, 5) is 0. The lowest BCUT2D eigenvalue weighted by Gasteiger charge is -2.46. The SMILES string of the molecule is COc1cc2c3c(c1OC)-c1cc(O)ccc1CC3[N+](C)(C)CC2. The van der Waals surface area contributed by atoms with Gasteiger partial charge in [0.15, 0.2) is 11.5 Å². The number of likely N-dealkylation sites (N-methyl/N-ethyl adjacent to an activating group) is 1. The first kappa shape index (κ1) is 15.3. The van der Waals surface area contributed by atoms with Gasteiger partial charge in [-0.25, -0.2) is 0 Å². The van der Waals surface area contributed by atoms with Crippen LogP contribution in [0.3, 0.4) is 0 Å². The van der Waals surface area contributed by atoms with Crippen LogP contribution in [0.5, 0.6) is 17.2 Å². The van der Waals surface area contributed by atoms with Crippen LogP contribution in [0.4, 0.5) is 0 Å². The molecule has 0 saturated heterocycles. The van der Waals surface area contributed by atoms with E-state index in [0.717, 1.165) is 46.5 Å². The molecule has 1 aliphatic carbocycles. The Morgan fingerprint density at radius 1 is 1.08 bits per heavy atom. The molecule has 0 saturated carbocycles. The van der Waals surface area contributed by atoms with Crippen molar-refractivity contribution in [2.24, 2.45) is 0 Å². The molecule has 2 aliphatic rings. The zero-order valence-electron chi connectivity index (χ0n) is 14.7. The van der Waals surface area contributed by atoms with Gasteiger partial charge in [-0.2, -0.15) is 0 Å². The molecule has 0 spiro atoms. The second-order valence-electron chi connectivity index (χ2n) is 7.37. The van der Waals surface area contributed by atoms with Crippen molar-refractivity contribution >= 4 is 0 Å². The summed E-state index contributed by atoms with van der Waals surface area (Å²) in [5.41, 5.74) is 6.14. The van der Waals surface area contributed by atoms with Crippen LogP contribution in [0.15, 0.2) is 24.3 Å². The standard InChI is InChI=1S/C20H23NO3/c1-21(2)8-7-13-10-17(23-3)20(24-4)19-15-11-14(22)6-5-12(15)9-16(21)18(13)19/h5-6,10-11,16H,7-9H2,1-4H3/p+1. The van der Waals surface area contributed by atoms with Gasteiger partial charge in [-0.05, 0) is 34.9 Å². The number of methoxy groups -OCH3 is 2. The molecule has 0 fully saturated rings. The van der Waals surface area contributed by atoms with Crippen LogP contribution in [-0.4, -0.2) is 44.4 Å². The lowest BCUT2D eigenvalue weighted by molar-refractivity contribution is -0.923. The molecule has 1 heterocycles. The number of quaternary nitrogens is 1. The molecule has 2 aromatic carbocycles. The van der Waals surface area contributed by atoms with Gasteiger partial charge in [0.05, 0.1) is 34.9 Å². The second-order valence-corrected chi connectivity index (χ2v) is 7.37. The molecular weight excluding hydrogens is 302 g/mol. The molecule has 1 unspecified atom stereocenters. The van der Waals surface area contributed by atoms with Crippen LogP contribution in [0, 0.1) is 0 Å². The van der Waals surface area contributed by atoms with E-state index in [9.17, 15) is 5.11 Å². The fourth-order valence-electron chi connectivity index (χ4n) is 4.36. The molecular formula is C20H24NO3+. The average Bonchev–Trinajstić information content (AvgIpc) is 2.57. The maximum atomic E-state index is 10.0. The molecule has 0 radical (unpaired) electrons. The zero-order valence-corrected chi connectivity index (χ0v) is 14.7. The van der Waals surface area contributed by atoms with Crippen LogP contribution in [0.25, 0.3) is 11.1 Å². The molecule has 0 amide bonds. The smallest absolute Gasteiger partial charge is 0.169 e. The fourth-order valence-corrected chi connectivity index (χ4v) is 4.36. The fraction of sp³-hybridized carbons (Fsp3) is 0.400. The highest BCUT2D eigenvalue weighted by Crippen LogP contribution is 2.53. The van der Waals surface area contributed by atoms with Gasteiger partial charge in [0.1, 0.15) is 11.8 Å². The molecule has 4 heteroatoms. The summed E-state index contributed by atoms with van der Waals surface area (Å²) in [6.45, 7) is 1.11. The topological polar surface area (TPSA) is 38.7 Å². The number of phenols is 1. The minimum atomic E-state index is 0.287. The summed E-state index contributed by atoms with van der Waals surface area (Å²) in [6.07, 6.45) is 2.01. The molecule has 0 aromatic heterocycles. The van der Waals surface area contributed by atoms with E-state index in [0.29, 0.717) is 6.04 Å². The largest absolute Gasteiger partial charge is 0.508 e. The van der Waals surface area contributed by atoms with Crippen molar-refractivity contribution in [2.75, 3.05) is 34.9 Å². The van der Waals surface area contributed by atoms with E-state index in [1.807, 2.05) is 12.1 Å². The van der Waals surface area contributed by atoms with E-state index in [1.165, 1.54) is 16.7 Å². The Balaban J connectivity index is 2.11. The van der Waals surface area contributed by atoms with E-state index >= 15 is 0 Å². The number of fused-ring (bicyclic) bond motifs is 2. The maximum absolute atomic E-state index is 10.0. The van der Waals surface area contributed by atoms with Gasteiger partial charge in [-0.1, -0.05) is 6.07 Å². The van der Waals surface area contributed by atoms with E-state index in [2.05, 4.69) is 20.2 Å². The van der Waals surface area contributed by atoms with Crippen molar-refractivity contribution < 1.29 is 19.1 Å². The number of phenolic OH excluding ortho intramolecular Hbond substituents is 1.